The molecule has 156 valence electrons. The van der Waals surface area contributed by atoms with Crippen molar-refractivity contribution in [3.63, 3.8) is 0 Å². The Morgan fingerprint density at radius 1 is 0.933 bits per heavy atom. The van der Waals surface area contributed by atoms with Crippen LogP contribution in [-0.2, 0) is 23.0 Å². The number of amides is 1. The molecule has 0 atom stereocenters. The predicted molar refractivity (Wildman–Crippen MR) is 114 cm³/mol. The molecule has 2 N–H and O–H groups in total. The van der Waals surface area contributed by atoms with E-state index in [1.165, 1.54) is 24.3 Å². The van der Waals surface area contributed by atoms with Crippen LogP contribution in [0.2, 0.25) is 0 Å². The van der Waals surface area contributed by atoms with Crippen molar-refractivity contribution in [2.24, 2.45) is 0 Å². The molecular weight excluding hydrogens is 403 g/mol. The van der Waals surface area contributed by atoms with E-state index in [9.17, 15) is 17.6 Å². The van der Waals surface area contributed by atoms with Crippen LogP contribution in [-0.4, -0.2) is 20.9 Å². The maximum atomic E-state index is 13.2. The third-order valence-corrected chi connectivity index (χ3v) is 6.06. The molecule has 0 aliphatic rings. The number of sulfonamides is 1. The number of nitrogens with one attached hydrogen (secondary N) is 2. The van der Waals surface area contributed by atoms with Crippen molar-refractivity contribution in [1.29, 1.82) is 0 Å². The third-order valence-electron chi connectivity index (χ3n) is 4.66. The van der Waals surface area contributed by atoms with Gasteiger partial charge in [0.2, 0.25) is 10.0 Å². The molecule has 0 aliphatic heterocycles. The van der Waals surface area contributed by atoms with Crippen molar-refractivity contribution >= 4 is 15.9 Å². The van der Waals surface area contributed by atoms with Gasteiger partial charge in [-0.05, 0) is 54.3 Å². The molecule has 5 nitrogen and oxygen atoms in total. The Labute approximate surface area is 176 Å². The quantitative estimate of drug-likeness (QED) is 0.578. The van der Waals surface area contributed by atoms with E-state index in [-0.39, 0.29) is 28.7 Å². The van der Waals surface area contributed by atoms with Crippen LogP contribution < -0.4 is 10.0 Å². The van der Waals surface area contributed by atoms with Gasteiger partial charge in [0.25, 0.3) is 5.91 Å². The molecule has 0 unspecified atom stereocenters. The molecule has 7 heteroatoms. The lowest BCUT2D eigenvalue weighted by atomic mass is 10.1. The van der Waals surface area contributed by atoms with Gasteiger partial charge in [-0.25, -0.2) is 17.5 Å². The first-order valence-corrected chi connectivity index (χ1v) is 11.0. The van der Waals surface area contributed by atoms with Crippen LogP contribution in [0.15, 0.2) is 77.7 Å². The van der Waals surface area contributed by atoms with E-state index in [2.05, 4.69) is 10.0 Å². The van der Waals surface area contributed by atoms with Gasteiger partial charge in [-0.1, -0.05) is 48.5 Å². The van der Waals surface area contributed by atoms with Crippen LogP contribution in [0.5, 0.6) is 0 Å². The molecule has 3 aromatic carbocycles. The summed E-state index contributed by atoms with van der Waals surface area (Å²) in [7, 11) is -3.77. The Balaban J connectivity index is 1.66. The highest BCUT2D eigenvalue weighted by Crippen LogP contribution is 2.16. The monoisotopic (exact) mass is 426 g/mol. The van der Waals surface area contributed by atoms with Gasteiger partial charge in [0.05, 0.1) is 4.90 Å². The number of benzene rings is 3. The van der Waals surface area contributed by atoms with Gasteiger partial charge >= 0.3 is 0 Å². The van der Waals surface area contributed by atoms with E-state index in [4.69, 9.17) is 0 Å². The lowest BCUT2D eigenvalue weighted by Gasteiger charge is -2.11. The van der Waals surface area contributed by atoms with Crippen molar-refractivity contribution < 1.29 is 17.6 Å². The van der Waals surface area contributed by atoms with E-state index >= 15 is 0 Å². The zero-order valence-electron chi connectivity index (χ0n) is 16.6. The number of carbonyl (C=O) groups is 1. The number of hydrogen-bond donors (Lipinski definition) is 2. The third kappa shape index (κ3) is 5.75. The predicted octanol–water partition coefficient (Wildman–Crippen LogP) is 3.59. The highest BCUT2D eigenvalue weighted by atomic mass is 32.2. The van der Waals surface area contributed by atoms with E-state index in [0.29, 0.717) is 18.5 Å². The molecule has 0 saturated carbocycles. The number of hydrogen-bond acceptors (Lipinski definition) is 3. The lowest BCUT2D eigenvalue weighted by Crippen LogP contribution is -2.27. The van der Waals surface area contributed by atoms with E-state index in [1.807, 2.05) is 30.3 Å². The number of carbonyl (C=O) groups excluding carboxylic acids is 1. The summed E-state index contributed by atoms with van der Waals surface area (Å²) in [5, 5.41) is 2.77. The first kappa shape index (κ1) is 21.7. The van der Waals surface area contributed by atoms with E-state index in [0.717, 1.165) is 11.1 Å². The SMILES string of the molecule is Cc1ccc(S(=O)(=O)NCc2ccccc2)cc1C(=O)NCCc1cccc(F)c1. The molecule has 30 heavy (non-hydrogen) atoms. The van der Waals surface area contributed by atoms with Gasteiger partial charge in [0.15, 0.2) is 0 Å². The average molecular weight is 427 g/mol. The summed E-state index contributed by atoms with van der Waals surface area (Å²) in [5.74, 6) is -0.695. The summed E-state index contributed by atoms with van der Waals surface area (Å²) in [6.45, 7) is 2.21. The normalized spacial score (nSPS) is 11.3. The molecule has 0 heterocycles. The molecule has 1 amide bonds. The Hall–Kier alpha value is -3.03. The molecule has 0 radical (unpaired) electrons. The fourth-order valence-electron chi connectivity index (χ4n) is 2.98. The second-order valence-corrected chi connectivity index (χ2v) is 8.69. The minimum Gasteiger partial charge on any atom is -0.352 e. The number of aryl methyl sites for hydroxylation is 1. The zero-order valence-corrected chi connectivity index (χ0v) is 17.4. The zero-order chi connectivity index (χ0) is 21.6. The summed E-state index contributed by atoms with van der Waals surface area (Å²) in [5.41, 5.74) is 2.56. The molecular formula is C23H23FN2O3S. The first-order valence-electron chi connectivity index (χ1n) is 9.52. The van der Waals surface area contributed by atoms with Crippen LogP contribution in [0.25, 0.3) is 0 Å². The molecule has 3 rings (SSSR count). The van der Waals surface area contributed by atoms with Crippen molar-refractivity contribution in [2.45, 2.75) is 24.8 Å². The van der Waals surface area contributed by atoms with E-state index < -0.39 is 10.0 Å². The maximum Gasteiger partial charge on any atom is 0.251 e. The second-order valence-electron chi connectivity index (χ2n) is 6.92. The molecule has 0 bridgehead atoms. The summed E-state index contributed by atoms with van der Waals surface area (Å²) in [6.07, 6.45) is 0.471. The Morgan fingerprint density at radius 3 is 2.40 bits per heavy atom. The lowest BCUT2D eigenvalue weighted by molar-refractivity contribution is 0.0953. The molecule has 0 saturated heterocycles. The summed E-state index contributed by atoms with van der Waals surface area (Å²) in [6, 6.07) is 19.8. The standard InChI is InChI=1S/C23H23FN2O3S/c1-17-10-11-21(30(28,29)26-16-19-6-3-2-4-7-19)15-22(17)23(27)25-13-12-18-8-5-9-20(24)14-18/h2-11,14-15,26H,12-13,16H2,1H3,(H,25,27). The molecule has 0 fully saturated rings. The van der Waals surface area contributed by atoms with Crippen molar-refractivity contribution in [1.82, 2.24) is 10.0 Å². The van der Waals surface area contributed by atoms with Gasteiger partial charge in [0, 0.05) is 18.7 Å². The van der Waals surface area contributed by atoms with Gasteiger partial charge in [-0.15, -0.1) is 0 Å². The molecule has 0 spiro atoms. The Bertz CT molecular complexity index is 1130. The second kappa shape index (κ2) is 9.65. The highest BCUT2D eigenvalue weighted by Gasteiger charge is 2.18. The van der Waals surface area contributed by atoms with Crippen LogP contribution in [0.3, 0.4) is 0 Å². The van der Waals surface area contributed by atoms with Gasteiger partial charge < -0.3 is 5.32 Å². The summed E-state index contributed by atoms with van der Waals surface area (Å²) < 4.78 is 41.1. The van der Waals surface area contributed by atoms with Gasteiger partial charge in [-0.3, -0.25) is 4.79 Å². The topological polar surface area (TPSA) is 75.3 Å². The largest absolute Gasteiger partial charge is 0.352 e. The van der Waals surface area contributed by atoms with Crippen LogP contribution in [0, 0.1) is 12.7 Å². The Morgan fingerprint density at radius 2 is 1.67 bits per heavy atom. The first-order chi connectivity index (χ1) is 14.3. The van der Waals surface area contributed by atoms with Crippen LogP contribution in [0.4, 0.5) is 4.39 Å². The van der Waals surface area contributed by atoms with Crippen LogP contribution in [0.1, 0.15) is 27.0 Å². The van der Waals surface area contributed by atoms with E-state index in [1.54, 1.807) is 25.1 Å². The van der Waals surface area contributed by atoms with Crippen molar-refractivity contribution in [2.75, 3.05) is 6.54 Å². The minimum absolute atomic E-state index is 0.0271. The molecule has 0 aliphatic carbocycles. The Kier molecular flexibility index (Phi) is 6.97. The van der Waals surface area contributed by atoms with Crippen LogP contribution >= 0.6 is 0 Å². The smallest absolute Gasteiger partial charge is 0.251 e. The summed E-state index contributed by atoms with van der Waals surface area (Å²) in [4.78, 5) is 12.6. The molecule has 0 aromatic heterocycles. The fourth-order valence-corrected chi connectivity index (χ4v) is 4.02. The fraction of sp³-hybridized carbons (Fsp3) is 0.174. The van der Waals surface area contributed by atoms with Crippen molar-refractivity contribution in [3.05, 3.63) is 101 Å². The maximum absolute atomic E-state index is 13.2. The highest BCUT2D eigenvalue weighted by molar-refractivity contribution is 7.89. The summed E-state index contributed by atoms with van der Waals surface area (Å²) >= 11 is 0. The average Bonchev–Trinajstić information content (AvgIpc) is 2.73. The minimum atomic E-state index is -3.77. The molecule has 3 aromatic rings. The number of halogens is 1. The van der Waals surface area contributed by atoms with Crippen molar-refractivity contribution in [3.8, 4) is 0 Å². The van der Waals surface area contributed by atoms with Gasteiger partial charge in [0.1, 0.15) is 5.82 Å². The number of rotatable bonds is 8. The van der Waals surface area contributed by atoms with Gasteiger partial charge in [-0.2, -0.15) is 0 Å².